The minimum Gasteiger partial charge on any atom is -0.469 e. The van der Waals surface area contributed by atoms with Crippen LogP contribution in [-0.2, 0) is 52.6 Å². The molecule has 0 aromatic heterocycles. The number of methoxy groups -OCH3 is 1. The van der Waals surface area contributed by atoms with E-state index in [1.54, 1.807) is 6.92 Å². The largest absolute Gasteiger partial charge is 0.469 e. The molecule has 5 fully saturated rings. The van der Waals surface area contributed by atoms with Gasteiger partial charge in [-0.3, -0.25) is 59.0 Å². The van der Waals surface area contributed by atoms with E-state index in [0.717, 1.165) is 28.9 Å². The molecule has 0 unspecified atom stereocenters. The number of rotatable bonds is 8. The molecule has 0 saturated carbocycles. The van der Waals surface area contributed by atoms with Crippen molar-refractivity contribution in [2.45, 2.75) is 159 Å². The first-order valence-electron chi connectivity index (χ1n) is 22.2. The summed E-state index contributed by atoms with van der Waals surface area (Å²) >= 11 is 0. The summed E-state index contributed by atoms with van der Waals surface area (Å²) in [6, 6.07) is -8.59. The maximum absolute atomic E-state index is 14.9. The number of carbonyl (C=O) groups excluding carboxylic acids is 8. The molecule has 65 heavy (non-hydrogen) atoms. The number of carbonyl (C=O) groups is 8. The highest BCUT2D eigenvalue weighted by atomic mass is 16.7. The molecule has 5 saturated heterocycles. The Kier molecular flexibility index (Phi) is 16.9. The SMILES string of the molecule is CC[C@H]1O[C@@](O)([C@](C)(O)C(=O)N[C@@H]2C(=O)N3NCCC[C@@H]3C(=O)N(O)CC(=O)N3NCCC[C@@H]3C(=O)N3NCCC[C@H]3C(=O)N(O)[C@@H]([C@@H](C)O)C(=O)O[C@H]2C(C)C)CC[C@@H]1CC(=O)OC. The fraction of sp³-hybridized carbons (Fsp3) is 0.800. The molecule has 25 heteroatoms. The summed E-state index contributed by atoms with van der Waals surface area (Å²) in [5, 5.41) is 62.3. The van der Waals surface area contributed by atoms with Crippen molar-refractivity contribution < 1.29 is 78.3 Å². The lowest BCUT2D eigenvalue weighted by Gasteiger charge is -2.48. The molecule has 5 rings (SSSR count). The van der Waals surface area contributed by atoms with Gasteiger partial charge in [0.05, 0.1) is 25.7 Å². The van der Waals surface area contributed by atoms with Gasteiger partial charge in [0.25, 0.3) is 35.4 Å². The molecule has 5 aliphatic heterocycles. The lowest BCUT2D eigenvalue weighted by Crippen LogP contribution is -2.70. The highest BCUT2D eigenvalue weighted by Gasteiger charge is 2.58. The number of cyclic esters (lactones) is 1. The first-order chi connectivity index (χ1) is 30.6. The summed E-state index contributed by atoms with van der Waals surface area (Å²) in [7, 11) is 1.22. The highest BCUT2D eigenvalue weighted by molar-refractivity contribution is 5.97. The second-order valence-corrected chi connectivity index (χ2v) is 17.7. The third-order valence-corrected chi connectivity index (χ3v) is 12.8. The maximum atomic E-state index is 14.9. The van der Waals surface area contributed by atoms with Crippen LogP contribution in [0.1, 0.15) is 98.8 Å². The third kappa shape index (κ3) is 10.8. The monoisotopic (exact) mass is 927 g/mol. The van der Waals surface area contributed by atoms with Crippen LogP contribution in [0.3, 0.4) is 0 Å². The Morgan fingerprint density at radius 2 is 1.40 bits per heavy atom. The van der Waals surface area contributed by atoms with Crippen LogP contribution in [-0.4, -0.2) is 191 Å². The molecule has 366 valence electrons. The molecule has 0 aromatic carbocycles. The van der Waals surface area contributed by atoms with Crippen LogP contribution in [0, 0.1) is 11.8 Å². The lowest BCUT2D eigenvalue weighted by molar-refractivity contribution is -0.328. The van der Waals surface area contributed by atoms with E-state index in [-0.39, 0.29) is 81.1 Å². The number of esters is 2. The molecule has 9 N–H and O–H groups in total. The van der Waals surface area contributed by atoms with Gasteiger partial charge in [-0.1, -0.05) is 20.8 Å². The first kappa shape index (κ1) is 51.4. The van der Waals surface area contributed by atoms with Gasteiger partial charge in [-0.2, -0.15) is 0 Å². The molecular weight excluding hydrogens is 862 g/mol. The van der Waals surface area contributed by atoms with Crippen molar-refractivity contribution >= 4 is 47.4 Å². The molecule has 5 heterocycles. The number of aliphatic hydroxyl groups is 3. The molecule has 25 nitrogen and oxygen atoms in total. The van der Waals surface area contributed by atoms with Gasteiger partial charge < -0.3 is 34.8 Å². The van der Waals surface area contributed by atoms with Gasteiger partial charge in [-0.15, -0.1) is 0 Å². The summed E-state index contributed by atoms with van der Waals surface area (Å²) < 4.78 is 16.6. The molecule has 0 bridgehead atoms. The Bertz CT molecular complexity index is 1800. The maximum Gasteiger partial charge on any atom is 0.334 e. The Morgan fingerprint density at radius 3 is 1.94 bits per heavy atom. The van der Waals surface area contributed by atoms with Gasteiger partial charge in [0, 0.05) is 26.1 Å². The predicted octanol–water partition coefficient (Wildman–Crippen LogP) is -3.07. The van der Waals surface area contributed by atoms with Crippen molar-refractivity contribution in [1.29, 1.82) is 0 Å². The highest BCUT2D eigenvalue weighted by Crippen LogP contribution is 2.41. The number of nitrogens with one attached hydrogen (secondary N) is 4. The first-order valence-corrected chi connectivity index (χ1v) is 22.2. The van der Waals surface area contributed by atoms with Crippen molar-refractivity contribution in [3.05, 3.63) is 0 Å². The number of ether oxygens (including phenoxy) is 3. The van der Waals surface area contributed by atoms with Gasteiger partial charge in [-0.25, -0.2) is 31.2 Å². The van der Waals surface area contributed by atoms with Crippen LogP contribution < -0.4 is 21.6 Å². The van der Waals surface area contributed by atoms with Crippen LogP contribution in [0.4, 0.5) is 0 Å². The number of fused-ring (bicyclic) bond motifs is 3. The standard InChI is InChI=1S/C40H65N9O16/c1-7-27-23(19-29(52)63-6)14-15-40(60,65-27)39(5,59)38(58)44-30-32(21(2)3)64-37(57)31(22(4)50)49(62)35(55)26-13-10-17-42-47(26)34(54)25-12-9-16-41-46(25)28(51)20-45(61)33(53)24-11-8-18-43-48(24)36(30)56/h21-27,30-32,41-43,50,59-62H,7-20H2,1-6H3,(H,44,58)/t22-,23-,24-,25-,26+,27-,30+,31+,32+,39-,40-/m1/s1. The molecule has 11 atom stereocenters. The molecule has 0 aliphatic carbocycles. The zero-order valence-electron chi connectivity index (χ0n) is 37.6. The van der Waals surface area contributed by atoms with Crippen LogP contribution >= 0.6 is 0 Å². The number of amides is 6. The topological polar surface area (TPSA) is 330 Å². The fourth-order valence-electron chi connectivity index (χ4n) is 9.00. The fourth-order valence-corrected chi connectivity index (χ4v) is 9.00. The van der Waals surface area contributed by atoms with Crippen LogP contribution in [0.5, 0.6) is 0 Å². The summed E-state index contributed by atoms with van der Waals surface area (Å²) in [6.07, 6.45) is -3.66. The van der Waals surface area contributed by atoms with E-state index in [0.29, 0.717) is 12.8 Å². The number of aliphatic hydroxyl groups excluding tert-OH is 1. The average Bonchev–Trinajstić information content (AvgIpc) is 3.28. The average molecular weight is 928 g/mol. The van der Waals surface area contributed by atoms with E-state index in [2.05, 4.69) is 21.6 Å². The summed E-state index contributed by atoms with van der Waals surface area (Å²) in [5.41, 5.74) is 5.52. The number of hydroxylamine groups is 4. The van der Waals surface area contributed by atoms with E-state index < -0.39 is 126 Å². The van der Waals surface area contributed by atoms with Gasteiger partial charge in [0.2, 0.25) is 5.79 Å². The quantitative estimate of drug-likeness (QED) is 0.0862. The van der Waals surface area contributed by atoms with E-state index in [9.17, 15) is 64.1 Å². The minimum atomic E-state index is -2.87. The zero-order valence-corrected chi connectivity index (χ0v) is 37.6. The van der Waals surface area contributed by atoms with E-state index in [1.165, 1.54) is 21.0 Å². The summed E-state index contributed by atoms with van der Waals surface area (Å²) in [5.74, 6) is -12.7. The Morgan fingerprint density at radius 1 is 0.862 bits per heavy atom. The molecule has 5 aliphatic rings. The van der Waals surface area contributed by atoms with Gasteiger partial charge in [0.1, 0.15) is 36.8 Å². The van der Waals surface area contributed by atoms with Gasteiger partial charge in [0.15, 0.2) is 11.6 Å². The van der Waals surface area contributed by atoms with Crippen molar-refractivity contribution in [2.75, 3.05) is 33.3 Å². The number of hydrazine groups is 3. The second kappa shape index (κ2) is 21.4. The lowest BCUT2D eigenvalue weighted by atomic mass is 9.80. The van der Waals surface area contributed by atoms with Crippen molar-refractivity contribution in [1.82, 2.24) is 46.7 Å². The second-order valence-electron chi connectivity index (χ2n) is 17.7. The Labute approximate surface area is 375 Å². The molecule has 6 amide bonds. The summed E-state index contributed by atoms with van der Waals surface area (Å²) in [6.45, 7) is 6.13. The van der Waals surface area contributed by atoms with Gasteiger partial charge in [-0.05, 0) is 77.0 Å². The molecule has 0 spiro atoms. The summed E-state index contributed by atoms with van der Waals surface area (Å²) in [4.78, 5) is 112. The molecule has 0 aromatic rings. The Hall–Kier alpha value is -4.60. The van der Waals surface area contributed by atoms with Crippen molar-refractivity contribution in [3.8, 4) is 0 Å². The third-order valence-electron chi connectivity index (χ3n) is 12.8. The van der Waals surface area contributed by atoms with E-state index in [4.69, 9.17) is 14.2 Å². The molecule has 0 radical (unpaired) electrons. The van der Waals surface area contributed by atoms with Crippen molar-refractivity contribution in [3.63, 3.8) is 0 Å². The van der Waals surface area contributed by atoms with E-state index in [1.807, 2.05) is 0 Å². The normalized spacial score (nSPS) is 33.1. The molecular formula is C40H65N9O16. The number of hydrogen-bond acceptors (Lipinski definition) is 19. The van der Waals surface area contributed by atoms with Crippen LogP contribution in [0.2, 0.25) is 0 Å². The van der Waals surface area contributed by atoms with Crippen LogP contribution in [0.25, 0.3) is 0 Å². The van der Waals surface area contributed by atoms with E-state index >= 15 is 0 Å². The smallest absolute Gasteiger partial charge is 0.334 e. The zero-order chi connectivity index (χ0) is 48.1. The number of hydrogen-bond donors (Lipinski definition) is 9. The van der Waals surface area contributed by atoms with Crippen molar-refractivity contribution in [2.24, 2.45) is 11.8 Å². The number of nitrogens with zero attached hydrogens (tertiary/aromatic N) is 5. The van der Waals surface area contributed by atoms with Gasteiger partial charge >= 0.3 is 11.9 Å². The Balaban J connectivity index is 1.58. The predicted molar refractivity (Wildman–Crippen MR) is 218 cm³/mol. The van der Waals surface area contributed by atoms with Crippen LogP contribution in [0.15, 0.2) is 0 Å². The minimum absolute atomic E-state index is 0.0361.